The van der Waals surface area contributed by atoms with E-state index in [1.165, 1.54) is 4.68 Å². The van der Waals surface area contributed by atoms with Crippen LogP contribution in [0.3, 0.4) is 0 Å². The lowest BCUT2D eigenvalue weighted by atomic mass is 10.1. The smallest absolute Gasteiger partial charge is 0.290 e. The highest BCUT2D eigenvalue weighted by Gasteiger charge is 2.29. The van der Waals surface area contributed by atoms with E-state index in [9.17, 15) is 19.2 Å². The predicted molar refractivity (Wildman–Crippen MR) is 125 cm³/mol. The van der Waals surface area contributed by atoms with Gasteiger partial charge < -0.3 is 10.1 Å². The first kappa shape index (κ1) is 23.0. The van der Waals surface area contributed by atoms with Crippen LogP contribution in [0, 0.1) is 5.92 Å². The number of carbonyl (C=O) groups is 3. The molecule has 176 valence electrons. The number of rotatable bonds is 8. The number of fused-ring (bicyclic) bond motifs is 1. The van der Waals surface area contributed by atoms with Gasteiger partial charge in [0, 0.05) is 29.6 Å². The minimum absolute atomic E-state index is 0.0241. The van der Waals surface area contributed by atoms with Crippen molar-refractivity contribution in [3.8, 4) is 5.75 Å². The molecule has 4 rings (SSSR count). The summed E-state index contributed by atoms with van der Waals surface area (Å²) in [5.74, 6) is -0.795. The van der Waals surface area contributed by atoms with Gasteiger partial charge in [0.05, 0.1) is 5.39 Å². The maximum atomic E-state index is 12.7. The third-order valence-electron chi connectivity index (χ3n) is 5.25. The standard InChI is InChI=1S/C24H25N5O5/c1-2-12-29-24(33)19-9-4-3-8-18(19)21(28-29)23(32)27-26-20(30)14-34-17-7-5-6-16(13-17)25-22(31)15-10-11-15/h3-9,13,15H,2,10-12,14H2,1H3,(H,25,31)(H,26,30)(H,27,32). The molecule has 0 bridgehead atoms. The normalized spacial score (nSPS) is 12.7. The molecule has 10 heteroatoms. The Morgan fingerprint density at radius 1 is 1.06 bits per heavy atom. The van der Waals surface area contributed by atoms with Crippen molar-refractivity contribution in [1.29, 1.82) is 0 Å². The number of amides is 3. The van der Waals surface area contributed by atoms with Crippen molar-refractivity contribution in [3.05, 3.63) is 64.6 Å². The van der Waals surface area contributed by atoms with Crippen LogP contribution in [0.1, 0.15) is 36.7 Å². The van der Waals surface area contributed by atoms with Crippen LogP contribution in [0.15, 0.2) is 53.3 Å². The number of ether oxygens (including phenoxy) is 1. The Balaban J connectivity index is 1.36. The quantitative estimate of drug-likeness (QED) is 0.438. The molecule has 0 unspecified atom stereocenters. The largest absolute Gasteiger partial charge is 0.484 e. The van der Waals surface area contributed by atoms with Crippen LogP contribution in [-0.2, 0) is 16.1 Å². The van der Waals surface area contributed by atoms with Crippen LogP contribution in [0.5, 0.6) is 5.75 Å². The number of hydrogen-bond donors (Lipinski definition) is 3. The first-order chi connectivity index (χ1) is 16.5. The van der Waals surface area contributed by atoms with E-state index in [-0.39, 0.29) is 29.7 Å². The van der Waals surface area contributed by atoms with Gasteiger partial charge in [-0.25, -0.2) is 4.68 Å². The summed E-state index contributed by atoms with van der Waals surface area (Å²) in [5.41, 5.74) is 4.95. The maximum absolute atomic E-state index is 12.7. The summed E-state index contributed by atoms with van der Waals surface area (Å²) in [7, 11) is 0. The molecule has 0 radical (unpaired) electrons. The van der Waals surface area contributed by atoms with E-state index >= 15 is 0 Å². The van der Waals surface area contributed by atoms with Gasteiger partial charge in [0.15, 0.2) is 12.3 Å². The zero-order chi connectivity index (χ0) is 24.1. The third-order valence-corrected chi connectivity index (χ3v) is 5.25. The lowest BCUT2D eigenvalue weighted by Crippen LogP contribution is -2.44. The molecule has 1 fully saturated rings. The van der Waals surface area contributed by atoms with E-state index in [1.54, 1.807) is 48.5 Å². The molecule has 3 aromatic rings. The fourth-order valence-electron chi connectivity index (χ4n) is 3.39. The molecule has 1 heterocycles. The van der Waals surface area contributed by atoms with Crippen LogP contribution >= 0.6 is 0 Å². The summed E-state index contributed by atoms with van der Waals surface area (Å²) in [6, 6.07) is 13.4. The highest BCUT2D eigenvalue weighted by Crippen LogP contribution is 2.30. The van der Waals surface area contributed by atoms with Gasteiger partial charge in [0.1, 0.15) is 5.75 Å². The van der Waals surface area contributed by atoms with Gasteiger partial charge in [0.25, 0.3) is 17.4 Å². The molecule has 1 saturated carbocycles. The van der Waals surface area contributed by atoms with Crippen molar-refractivity contribution in [2.75, 3.05) is 11.9 Å². The molecular formula is C24H25N5O5. The summed E-state index contributed by atoms with van der Waals surface area (Å²) >= 11 is 0. The SMILES string of the molecule is CCCn1nc(C(=O)NNC(=O)COc2cccc(NC(=O)C3CC3)c2)c2ccccc2c1=O. The number of benzene rings is 2. The van der Waals surface area contributed by atoms with Gasteiger partial charge in [-0.15, -0.1) is 0 Å². The molecule has 1 aliphatic rings. The number of aromatic nitrogens is 2. The average molecular weight is 463 g/mol. The number of nitrogens with one attached hydrogen (secondary N) is 3. The van der Waals surface area contributed by atoms with Crippen molar-refractivity contribution < 1.29 is 19.1 Å². The van der Waals surface area contributed by atoms with Crippen LogP contribution < -0.4 is 26.5 Å². The second-order valence-corrected chi connectivity index (χ2v) is 8.00. The first-order valence-corrected chi connectivity index (χ1v) is 11.1. The van der Waals surface area contributed by atoms with Crippen molar-refractivity contribution in [3.63, 3.8) is 0 Å². The third kappa shape index (κ3) is 5.40. The van der Waals surface area contributed by atoms with Crippen LogP contribution in [0.4, 0.5) is 5.69 Å². The highest BCUT2D eigenvalue weighted by molar-refractivity contribution is 6.05. The number of hydrogen-bond acceptors (Lipinski definition) is 6. The minimum Gasteiger partial charge on any atom is -0.484 e. The van der Waals surface area contributed by atoms with E-state index < -0.39 is 11.8 Å². The first-order valence-electron chi connectivity index (χ1n) is 11.1. The van der Waals surface area contributed by atoms with Crippen LogP contribution in [0.25, 0.3) is 10.8 Å². The van der Waals surface area contributed by atoms with Gasteiger partial charge >= 0.3 is 0 Å². The van der Waals surface area contributed by atoms with E-state index in [4.69, 9.17) is 4.74 Å². The second kappa shape index (κ2) is 10.2. The molecule has 0 spiro atoms. The van der Waals surface area contributed by atoms with Crippen LogP contribution in [-0.4, -0.2) is 34.1 Å². The molecule has 0 atom stereocenters. The predicted octanol–water partition coefficient (Wildman–Crippen LogP) is 2.00. The number of carbonyl (C=O) groups excluding carboxylic acids is 3. The van der Waals surface area contributed by atoms with Gasteiger partial charge in [-0.1, -0.05) is 31.2 Å². The van der Waals surface area contributed by atoms with Crippen molar-refractivity contribution in [1.82, 2.24) is 20.6 Å². The van der Waals surface area contributed by atoms with Gasteiger partial charge in [-0.2, -0.15) is 5.10 Å². The van der Waals surface area contributed by atoms with E-state index in [2.05, 4.69) is 21.3 Å². The Kier molecular flexibility index (Phi) is 6.86. The molecule has 3 amide bonds. The summed E-state index contributed by atoms with van der Waals surface area (Å²) in [6.45, 7) is 1.91. The maximum Gasteiger partial charge on any atom is 0.290 e. The summed E-state index contributed by atoms with van der Waals surface area (Å²) in [4.78, 5) is 49.4. The summed E-state index contributed by atoms with van der Waals surface area (Å²) in [6.07, 6.45) is 2.48. The minimum atomic E-state index is -0.654. The molecule has 3 N–H and O–H groups in total. The van der Waals surface area contributed by atoms with E-state index in [1.807, 2.05) is 6.92 Å². The Labute approximate surface area is 195 Å². The molecule has 1 aliphatic carbocycles. The van der Waals surface area contributed by atoms with Gasteiger partial charge in [-0.05, 0) is 37.5 Å². The molecular weight excluding hydrogens is 438 g/mol. The van der Waals surface area contributed by atoms with Crippen molar-refractivity contribution >= 4 is 34.2 Å². The Bertz CT molecular complexity index is 1300. The Morgan fingerprint density at radius 3 is 2.56 bits per heavy atom. The number of nitrogens with zero attached hydrogens (tertiary/aromatic N) is 2. The zero-order valence-corrected chi connectivity index (χ0v) is 18.7. The molecule has 0 saturated heterocycles. The molecule has 0 aliphatic heterocycles. The highest BCUT2D eigenvalue weighted by atomic mass is 16.5. The lowest BCUT2D eigenvalue weighted by Gasteiger charge is -2.12. The lowest BCUT2D eigenvalue weighted by molar-refractivity contribution is -0.123. The fourth-order valence-corrected chi connectivity index (χ4v) is 3.39. The Morgan fingerprint density at radius 2 is 1.82 bits per heavy atom. The van der Waals surface area contributed by atoms with E-state index in [0.29, 0.717) is 35.2 Å². The molecule has 10 nitrogen and oxygen atoms in total. The van der Waals surface area contributed by atoms with E-state index in [0.717, 1.165) is 12.8 Å². The van der Waals surface area contributed by atoms with Crippen molar-refractivity contribution in [2.24, 2.45) is 5.92 Å². The fraction of sp³-hybridized carbons (Fsp3) is 0.292. The Hall–Kier alpha value is -4.21. The summed E-state index contributed by atoms with van der Waals surface area (Å²) < 4.78 is 6.71. The zero-order valence-electron chi connectivity index (χ0n) is 18.7. The molecule has 2 aromatic carbocycles. The monoisotopic (exact) mass is 463 g/mol. The number of aryl methyl sites for hydroxylation is 1. The number of anilines is 1. The average Bonchev–Trinajstić information content (AvgIpc) is 3.69. The second-order valence-electron chi connectivity index (χ2n) is 8.00. The van der Waals surface area contributed by atoms with Crippen LogP contribution in [0.2, 0.25) is 0 Å². The van der Waals surface area contributed by atoms with Gasteiger partial charge in [0.2, 0.25) is 5.91 Å². The van der Waals surface area contributed by atoms with Crippen molar-refractivity contribution in [2.45, 2.75) is 32.7 Å². The molecule has 34 heavy (non-hydrogen) atoms. The molecule has 1 aromatic heterocycles. The summed E-state index contributed by atoms with van der Waals surface area (Å²) in [5, 5.41) is 7.77. The topological polar surface area (TPSA) is 131 Å². The van der Waals surface area contributed by atoms with Gasteiger partial charge in [-0.3, -0.25) is 30.0 Å². The number of hydrazine groups is 1.